The Morgan fingerprint density at radius 3 is 2.46 bits per heavy atom. The van der Waals surface area contributed by atoms with Gasteiger partial charge in [0.25, 0.3) is 0 Å². The van der Waals surface area contributed by atoms with Crippen LogP contribution in [0.15, 0.2) is 12.3 Å². The van der Waals surface area contributed by atoms with Crippen LogP contribution in [0.3, 0.4) is 0 Å². The van der Waals surface area contributed by atoms with Crippen LogP contribution in [-0.2, 0) is 0 Å². The van der Waals surface area contributed by atoms with Crippen LogP contribution in [0, 0.1) is 5.82 Å². The van der Waals surface area contributed by atoms with Crippen LogP contribution in [0.1, 0.15) is 25.5 Å². The van der Waals surface area contributed by atoms with Gasteiger partial charge in [-0.1, -0.05) is 13.8 Å². The molecular formula is C10H15FN2. The van der Waals surface area contributed by atoms with Gasteiger partial charge in [0.05, 0.1) is 11.4 Å². The van der Waals surface area contributed by atoms with E-state index in [1.807, 2.05) is 27.9 Å². The van der Waals surface area contributed by atoms with Gasteiger partial charge >= 0.3 is 0 Å². The molecule has 1 aromatic heterocycles. The number of anilines is 1. The van der Waals surface area contributed by atoms with Crippen LogP contribution in [0.5, 0.6) is 0 Å². The Morgan fingerprint density at radius 1 is 1.38 bits per heavy atom. The van der Waals surface area contributed by atoms with Crippen LogP contribution in [-0.4, -0.2) is 19.1 Å². The molecule has 72 valence electrons. The van der Waals surface area contributed by atoms with Gasteiger partial charge in [0.15, 0.2) is 5.82 Å². The molecule has 0 spiro atoms. The summed E-state index contributed by atoms with van der Waals surface area (Å²) in [6.07, 6.45) is 1.65. The van der Waals surface area contributed by atoms with Gasteiger partial charge in [-0.15, -0.1) is 0 Å². The fourth-order valence-corrected chi connectivity index (χ4v) is 1.20. The monoisotopic (exact) mass is 182 g/mol. The zero-order valence-corrected chi connectivity index (χ0v) is 8.50. The smallest absolute Gasteiger partial charge is 0.168 e. The van der Waals surface area contributed by atoms with Crippen molar-refractivity contribution in [1.82, 2.24) is 4.98 Å². The van der Waals surface area contributed by atoms with E-state index in [1.165, 1.54) is 0 Å². The molecule has 0 fully saturated rings. The van der Waals surface area contributed by atoms with E-state index in [2.05, 4.69) is 4.98 Å². The zero-order valence-electron chi connectivity index (χ0n) is 8.50. The summed E-state index contributed by atoms with van der Waals surface area (Å²) in [5.74, 6) is -0.0811. The van der Waals surface area contributed by atoms with Crippen molar-refractivity contribution < 1.29 is 4.39 Å². The van der Waals surface area contributed by atoms with E-state index < -0.39 is 0 Å². The maximum absolute atomic E-state index is 13.7. The van der Waals surface area contributed by atoms with Crippen molar-refractivity contribution in [1.29, 1.82) is 0 Å². The highest BCUT2D eigenvalue weighted by Crippen LogP contribution is 2.23. The third-order valence-electron chi connectivity index (χ3n) is 1.92. The van der Waals surface area contributed by atoms with Crippen molar-refractivity contribution in [3.8, 4) is 0 Å². The molecule has 1 aromatic rings. The lowest BCUT2D eigenvalue weighted by Gasteiger charge is -2.15. The second kappa shape index (κ2) is 3.73. The van der Waals surface area contributed by atoms with Crippen LogP contribution in [0.25, 0.3) is 0 Å². The molecule has 0 atom stereocenters. The minimum Gasteiger partial charge on any atom is -0.375 e. The molecule has 0 unspecified atom stereocenters. The van der Waals surface area contributed by atoms with Crippen molar-refractivity contribution in [2.75, 3.05) is 19.0 Å². The first-order chi connectivity index (χ1) is 6.04. The third kappa shape index (κ3) is 1.97. The molecule has 0 aliphatic rings. The summed E-state index contributed by atoms with van der Waals surface area (Å²) in [6.45, 7) is 3.87. The second-order valence-corrected chi connectivity index (χ2v) is 3.58. The molecule has 0 radical (unpaired) electrons. The predicted molar refractivity (Wildman–Crippen MR) is 52.6 cm³/mol. The van der Waals surface area contributed by atoms with Gasteiger partial charge in [-0.05, 0) is 12.0 Å². The molecule has 3 heteroatoms. The van der Waals surface area contributed by atoms with Crippen LogP contribution in [0.4, 0.5) is 10.1 Å². The van der Waals surface area contributed by atoms with E-state index in [1.54, 1.807) is 17.2 Å². The topological polar surface area (TPSA) is 16.1 Å². The molecule has 0 amide bonds. The van der Waals surface area contributed by atoms with Gasteiger partial charge in [-0.25, -0.2) is 4.39 Å². The quantitative estimate of drug-likeness (QED) is 0.698. The van der Waals surface area contributed by atoms with E-state index in [-0.39, 0.29) is 11.7 Å². The Balaban J connectivity index is 3.18. The SMILES string of the molecule is CC(C)c1nccc(N(C)C)c1F. The Bertz CT molecular complexity index is 269. The van der Waals surface area contributed by atoms with E-state index in [0.717, 1.165) is 0 Å². The standard InChI is InChI=1S/C10H15FN2/c1-7(2)10-9(11)8(13(3)4)5-6-12-10/h5-7H,1-4H3. The molecule has 0 saturated heterocycles. The minimum absolute atomic E-state index is 0.125. The van der Waals surface area contributed by atoms with Crippen molar-refractivity contribution in [2.45, 2.75) is 19.8 Å². The number of nitrogens with zero attached hydrogens (tertiary/aromatic N) is 2. The van der Waals surface area contributed by atoms with Gasteiger partial charge < -0.3 is 4.90 Å². The van der Waals surface area contributed by atoms with Crippen LogP contribution in [0.2, 0.25) is 0 Å². The molecule has 1 rings (SSSR count). The first-order valence-electron chi connectivity index (χ1n) is 4.35. The molecule has 0 N–H and O–H groups in total. The highest BCUT2D eigenvalue weighted by molar-refractivity contribution is 5.47. The highest BCUT2D eigenvalue weighted by atomic mass is 19.1. The summed E-state index contributed by atoms with van der Waals surface area (Å²) in [4.78, 5) is 5.77. The summed E-state index contributed by atoms with van der Waals surface area (Å²) in [7, 11) is 3.64. The van der Waals surface area contributed by atoms with Crippen molar-refractivity contribution in [2.24, 2.45) is 0 Å². The molecular weight excluding hydrogens is 167 g/mol. The number of aromatic nitrogens is 1. The van der Waals surface area contributed by atoms with Gasteiger partial charge in [0.2, 0.25) is 0 Å². The number of rotatable bonds is 2. The number of hydrogen-bond acceptors (Lipinski definition) is 2. The summed E-state index contributed by atoms with van der Waals surface area (Å²) in [6, 6.07) is 1.68. The van der Waals surface area contributed by atoms with Crippen LogP contribution < -0.4 is 4.90 Å². The fourth-order valence-electron chi connectivity index (χ4n) is 1.20. The van der Waals surface area contributed by atoms with E-state index >= 15 is 0 Å². The number of pyridine rings is 1. The molecule has 1 heterocycles. The highest BCUT2D eigenvalue weighted by Gasteiger charge is 2.12. The van der Waals surface area contributed by atoms with Crippen molar-refractivity contribution >= 4 is 5.69 Å². The Kier molecular flexibility index (Phi) is 2.86. The Morgan fingerprint density at radius 2 is 2.00 bits per heavy atom. The summed E-state index contributed by atoms with van der Waals surface area (Å²) >= 11 is 0. The van der Waals surface area contributed by atoms with E-state index in [4.69, 9.17) is 0 Å². The van der Waals surface area contributed by atoms with Gasteiger partial charge in [-0.3, -0.25) is 4.98 Å². The molecule has 0 aliphatic carbocycles. The third-order valence-corrected chi connectivity index (χ3v) is 1.92. The second-order valence-electron chi connectivity index (χ2n) is 3.58. The largest absolute Gasteiger partial charge is 0.375 e. The molecule has 0 aromatic carbocycles. The van der Waals surface area contributed by atoms with Gasteiger partial charge in [0, 0.05) is 20.3 Å². The first-order valence-corrected chi connectivity index (χ1v) is 4.35. The van der Waals surface area contributed by atoms with Gasteiger partial charge in [0.1, 0.15) is 0 Å². The Labute approximate surface area is 78.4 Å². The average Bonchev–Trinajstić information content (AvgIpc) is 2.03. The summed E-state index contributed by atoms with van der Waals surface area (Å²) in [5, 5.41) is 0. The fraction of sp³-hybridized carbons (Fsp3) is 0.500. The summed E-state index contributed by atoms with van der Waals surface area (Å²) < 4.78 is 13.7. The Hall–Kier alpha value is -1.12. The van der Waals surface area contributed by atoms with Crippen molar-refractivity contribution in [3.05, 3.63) is 23.8 Å². The van der Waals surface area contributed by atoms with Crippen molar-refractivity contribution in [3.63, 3.8) is 0 Å². The molecule has 0 bridgehead atoms. The molecule has 13 heavy (non-hydrogen) atoms. The van der Waals surface area contributed by atoms with Gasteiger partial charge in [-0.2, -0.15) is 0 Å². The maximum atomic E-state index is 13.7. The van der Waals surface area contributed by atoms with Crippen LogP contribution >= 0.6 is 0 Å². The number of halogens is 1. The predicted octanol–water partition coefficient (Wildman–Crippen LogP) is 2.41. The first kappa shape index (κ1) is 9.96. The summed E-state index contributed by atoms with van der Waals surface area (Å²) in [5.41, 5.74) is 1.13. The number of hydrogen-bond donors (Lipinski definition) is 0. The lowest BCUT2D eigenvalue weighted by atomic mass is 10.1. The average molecular weight is 182 g/mol. The molecule has 0 aliphatic heterocycles. The minimum atomic E-state index is -0.206. The normalized spacial score (nSPS) is 10.6. The van der Waals surface area contributed by atoms with E-state index in [0.29, 0.717) is 11.4 Å². The van der Waals surface area contributed by atoms with E-state index in [9.17, 15) is 4.39 Å². The molecule has 2 nitrogen and oxygen atoms in total. The lowest BCUT2D eigenvalue weighted by Crippen LogP contribution is -2.12. The zero-order chi connectivity index (χ0) is 10.0. The maximum Gasteiger partial charge on any atom is 0.168 e. The lowest BCUT2D eigenvalue weighted by molar-refractivity contribution is 0.584. The molecule has 0 saturated carbocycles.